The summed E-state index contributed by atoms with van der Waals surface area (Å²) in [4.78, 5) is 12.5. The largest absolute Gasteiger partial charge is 0.370 e. The first-order chi connectivity index (χ1) is 15.3. The van der Waals surface area contributed by atoms with Crippen LogP contribution < -0.4 is 4.90 Å². The number of rotatable bonds is 7. The van der Waals surface area contributed by atoms with Crippen LogP contribution in [-0.2, 0) is 22.1 Å². The summed E-state index contributed by atoms with van der Waals surface area (Å²) >= 11 is 1.31. The van der Waals surface area contributed by atoms with Crippen LogP contribution in [0.2, 0.25) is 0 Å². The molecule has 1 aromatic carbocycles. The van der Waals surface area contributed by atoms with Crippen molar-refractivity contribution in [2.45, 2.75) is 43.1 Å². The number of pyridine rings is 1. The average Bonchev–Trinajstić information content (AvgIpc) is 3.28. The lowest BCUT2D eigenvalue weighted by Crippen LogP contribution is -2.43. The molecular formula is C23H27FN4O2S2. The summed E-state index contributed by atoms with van der Waals surface area (Å²) < 4.78 is 40.5. The van der Waals surface area contributed by atoms with Crippen molar-refractivity contribution in [2.75, 3.05) is 25.0 Å². The van der Waals surface area contributed by atoms with Crippen LogP contribution in [0, 0.1) is 12.7 Å². The topological polar surface area (TPSA) is 66.4 Å². The van der Waals surface area contributed by atoms with Gasteiger partial charge in [0.05, 0.1) is 28.8 Å². The fourth-order valence-corrected chi connectivity index (χ4v) is 6.18. The van der Waals surface area contributed by atoms with E-state index in [9.17, 15) is 8.42 Å². The van der Waals surface area contributed by atoms with Gasteiger partial charge >= 0.3 is 0 Å². The first-order valence-corrected chi connectivity index (χ1v) is 13.2. The summed E-state index contributed by atoms with van der Waals surface area (Å²) in [6.07, 6.45) is 3.39. The highest BCUT2D eigenvalue weighted by Crippen LogP contribution is 2.30. The summed E-state index contributed by atoms with van der Waals surface area (Å²) in [5.41, 5.74) is 4.21. The highest BCUT2D eigenvalue weighted by molar-refractivity contribution is 7.90. The maximum absolute atomic E-state index is 15.1. The first kappa shape index (κ1) is 22.8. The van der Waals surface area contributed by atoms with E-state index < -0.39 is 20.7 Å². The second kappa shape index (κ2) is 9.64. The van der Waals surface area contributed by atoms with Gasteiger partial charge in [0.1, 0.15) is 0 Å². The van der Waals surface area contributed by atoms with Gasteiger partial charge < -0.3 is 4.90 Å². The summed E-state index contributed by atoms with van der Waals surface area (Å²) in [5.74, 6) is -1.12. The SMILES string of the molecule is Cc1c(N(C)C2CCN(Cc3ccccc3)CC2)cnc(S(=O)(=O)Cc2cscn2)c1F. The highest BCUT2D eigenvalue weighted by atomic mass is 32.2. The van der Waals surface area contributed by atoms with Crippen molar-refractivity contribution in [1.82, 2.24) is 14.9 Å². The molecule has 1 aliphatic heterocycles. The molecule has 9 heteroatoms. The van der Waals surface area contributed by atoms with Crippen LogP contribution in [0.25, 0.3) is 0 Å². The third kappa shape index (κ3) is 5.00. The van der Waals surface area contributed by atoms with Gasteiger partial charge in [0, 0.05) is 43.7 Å². The summed E-state index contributed by atoms with van der Waals surface area (Å²) in [6, 6.07) is 10.7. The third-order valence-corrected chi connectivity index (χ3v) is 8.24. The van der Waals surface area contributed by atoms with E-state index in [0.29, 0.717) is 16.9 Å². The van der Waals surface area contributed by atoms with Crippen LogP contribution >= 0.6 is 11.3 Å². The maximum atomic E-state index is 15.1. The Morgan fingerprint density at radius 2 is 1.91 bits per heavy atom. The highest BCUT2D eigenvalue weighted by Gasteiger charge is 2.28. The van der Waals surface area contributed by atoms with E-state index in [1.807, 2.05) is 18.0 Å². The molecule has 0 aliphatic carbocycles. The minimum atomic E-state index is -3.91. The fraction of sp³-hybridized carbons (Fsp3) is 0.391. The van der Waals surface area contributed by atoms with Gasteiger partial charge in [-0.3, -0.25) is 4.90 Å². The fourth-order valence-electron chi connectivity index (χ4n) is 4.19. The zero-order chi connectivity index (χ0) is 22.7. The van der Waals surface area contributed by atoms with E-state index in [-0.39, 0.29) is 11.8 Å². The molecule has 3 heterocycles. The molecule has 1 saturated heterocycles. The Morgan fingerprint density at radius 3 is 2.56 bits per heavy atom. The molecule has 0 saturated carbocycles. The number of halogens is 1. The lowest BCUT2D eigenvalue weighted by molar-refractivity contribution is 0.203. The smallest absolute Gasteiger partial charge is 0.204 e. The molecule has 0 radical (unpaired) electrons. The molecule has 170 valence electrons. The van der Waals surface area contributed by atoms with E-state index in [2.05, 4.69) is 39.1 Å². The minimum Gasteiger partial charge on any atom is -0.370 e. The second-order valence-electron chi connectivity index (χ2n) is 8.23. The van der Waals surface area contributed by atoms with Gasteiger partial charge in [0.25, 0.3) is 0 Å². The number of aromatic nitrogens is 2. The normalized spacial score (nSPS) is 15.7. The molecule has 0 N–H and O–H groups in total. The van der Waals surface area contributed by atoms with Gasteiger partial charge in [-0.15, -0.1) is 11.3 Å². The Morgan fingerprint density at radius 1 is 1.19 bits per heavy atom. The standard InChI is InChI=1S/C23H27FN4O2S2/c1-17-21(12-25-23(22(17)24)32(29,30)15-19-14-31-16-26-19)27(2)20-8-10-28(11-9-20)13-18-6-4-3-5-7-18/h3-7,12,14,16,20H,8-11,13,15H2,1-2H3. The van der Waals surface area contributed by atoms with Gasteiger partial charge in [0.2, 0.25) is 9.84 Å². The van der Waals surface area contributed by atoms with Gasteiger partial charge in [-0.05, 0) is 25.3 Å². The molecule has 0 spiro atoms. The number of benzene rings is 1. The van der Waals surface area contributed by atoms with Crippen LogP contribution in [0.1, 0.15) is 29.7 Å². The van der Waals surface area contributed by atoms with Crippen LogP contribution in [0.5, 0.6) is 0 Å². The molecule has 32 heavy (non-hydrogen) atoms. The summed E-state index contributed by atoms with van der Waals surface area (Å²) in [6.45, 7) is 4.46. The Bertz CT molecular complexity index is 1150. The predicted octanol–water partition coefficient (Wildman–Crippen LogP) is 4.06. The monoisotopic (exact) mass is 474 g/mol. The molecule has 1 aliphatic rings. The van der Waals surface area contributed by atoms with Crippen molar-refractivity contribution >= 4 is 26.9 Å². The van der Waals surface area contributed by atoms with E-state index in [0.717, 1.165) is 32.5 Å². The van der Waals surface area contributed by atoms with Crippen LogP contribution in [0.4, 0.5) is 10.1 Å². The minimum absolute atomic E-state index is 0.249. The first-order valence-electron chi connectivity index (χ1n) is 10.6. The van der Waals surface area contributed by atoms with Gasteiger partial charge in [0.15, 0.2) is 10.8 Å². The number of anilines is 1. The number of hydrogen-bond donors (Lipinski definition) is 0. The molecule has 2 aromatic heterocycles. The maximum Gasteiger partial charge on any atom is 0.204 e. The van der Waals surface area contributed by atoms with E-state index in [1.165, 1.54) is 23.1 Å². The lowest BCUT2D eigenvalue weighted by Gasteiger charge is -2.38. The number of nitrogens with zero attached hydrogens (tertiary/aromatic N) is 4. The zero-order valence-corrected chi connectivity index (χ0v) is 19.9. The van der Waals surface area contributed by atoms with Crippen molar-refractivity contribution < 1.29 is 12.8 Å². The van der Waals surface area contributed by atoms with Gasteiger partial charge in [-0.1, -0.05) is 30.3 Å². The number of sulfone groups is 1. The van der Waals surface area contributed by atoms with Crippen LogP contribution in [0.3, 0.4) is 0 Å². The van der Waals surface area contributed by atoms with Gasteiger partial charge in [-0.2, -0.15) is 0 Å². The van der Waals surface area contributed by atoms with E-state index in [1.54, 1.807) is 17.8 Å². The number of hydrogen-bond acceptors (Lipinski definition) is 7. The van der Waals surface area contributed by atoms with E-state index >= 15 is 4.39 Å². The molecule has 0 bridgehead atoms. The average molecular weight is 475 g/mol. The second-order valence-corrected chi connectivity index (χ2v) is 10.9. The quantitative estimate of drug-likeness (QED) is 0.515. The summed E-state index contributed by atoms with van der Waals surface area (Å²) in [5, 5.41) is 1.15. The van der Waals surface area contributed by atoms with Crippen LogP contribution in [0.15, 0.2) is 52.4 Å². The predicted molar refractivity (Wildman–Crippen MR) is 125 cm³/mol. The van der Waals surface area contributed by atoms with Crippen molar-refractivity contribution in [3.05, 3.63) is 70.1 Å². The number of piperidine rings is 1. The number of thiazole rings is 1. The molecule has 0 unspecified atom stereocenters. The third-order valence-electron chi connectivity index (χ3n) is 6.06. The Labute approximate surface area is 192 Å². The zero-order valence-electron chi connectivity index (χ0n) is 18.2. The molecule has 0 atom stereocenters. The Hall–Kier alpha value is -2.36. The van der Waals surface area contributed by atoms with Crippen molar-refractivity contribution in [1.29, 1.82) is 0 Å². The van der Waals surface area contributed by atoms with E-state index in [4.69, 9.17) is 0 Å². The Kier molecular flexibility index (Phi) is 6.88. The molecule has 1 fully saturated rings. The van der Waals surface area contributed by atoms with Crippen molar-refractivity contribution in [3.63, 3.8) is 0 Å². The molecule has 6 nitrogen and oxygen atoms in total. The van der Waals surface area contributed by atoms with Crippen LogP contribution in [-0.4, -0.2) is 49.5 Å². The Balaban J connectivity index is 1.44. The summed E-state index contributed by atoms with van der Waals surface area (Å²) in [7, 11) is -1.97. The molecule has 0 amide bonds. The van der Waals surface area contributed by atoms with Crippen molar-refractivity contribution in [2.24, 2.45) is 0 Å². The lowest BCUT2D eigenvalue weighted by atomic mass is 10.0. The molecule has 3 aromatic rings. The van der Waals surface area contributed by atoms with Gasteiger partial charge in [-0.25, -0.2) is 22.8 Å². The molecular weight excluding hydrogens is 447 g/mol. The van der Waals surface area contributed by atoms with Crippen molar-refractivity contribution in [3.8, 4) is 0 Å². The number of likely N-dealkylation sites (tertiary alicyclic amines) is 1. The molecule has 4 rings (SSSR count).